The maximum absolute atomic E-state index is 5.46. The van der Waals surface area contributed by atoms with Gasteiger partial charge < -0.3 is 11.1 Å². The first-order valence-corrected chi connectivity index (χ1v) is 7.72. The maximum atomic E-state index is 5.46. The molecule has 17 heavy (non-hydrogen) atoms. The van der Waals surface area contributed by atoms with Crippen LogP contribution in [-0.2, 0) is 0 Å². The van der Waals surface area contributed by atoms with Crippen molar-refractivity contribution in [2.45, 2.75) is 71.6 Å². The zero-order valence-corrected chi connectivity index (χ0v) is 12.1. The monoisotopic (exact) mass is 242 g/mol. The van der Waals surface area contributed by atoms with Crippen molar-refractivity contribution in [1.82, 2.24) is 5.32 Å². The molecule has 0 heterocycles. The lowest BCUT2D eigenvalue weighted by Gasteiger charge is -2.09. The van der Waals surface area contributed by atoms with E-state index < -0.39 is 0 Å². The molecule has 0 radical (unpaired) electrons. The SMILES string of the molecule is CCC(C)CNCCCCCCCCCCN. The summed E-state index contributed by atoms with van der Waals surface area (Å²) in [5.41, 5.74) is 5.46. The van der Waals surface area contributed by atoms with Crippen LogP contribution in [0.15, 0.2) is 0 Å². The Morgan fingerprint density at radius 1 is 0.882 bits per heavy atom. The topological polar surface area (TPSA) is 38.0 Å². The van der Waals surface area contributed by atoms with Gasteiger partial charge in [0.2, 0.25) is 0 Å². The summed E-state index contributed by atoms with van der Waals surface area (Å²) in [5, 5.41) is 3.54. The van der Waals surface area contributed by atoms with Crippen LogP contribution in [-0.4, -0.2) is 19.6 Å². The Bertz CT molecular complexity index is 137. The van der Waals surface area contributed by atoms with Crippen LogP contribution in [0.25, 0.3) is 0 Å². The van der Waals surface area contributed by atoms with Gasteiger partial charge in [-0.2, -0.15) is 0 Å². The summed E-state index contributed by atoms with van der Waals surface area (Å²) >= 11 is 0. The molecule has 104 valence electrons. The van der Waals surface area contributed by atoms with Crippen LogP contribution in [0.3, 0.4) is 0 Å². The molecular weight excluding hydrogens is 208 g/mol. The van der Waals surface area contributed by atoms with E-state index in [0.717, 1.165) is 12.5 Å². The number of hydrogen-bond acceptors (Lipinski definition) is 2. The molecule has 0 aromatic heterocycles. The van der Waals surface area contributed by atoms with Crippen LogP contribution < -0.4 is 11.1 Å². The van der Waals surface area contributed by atoms with E-state index in [9.17, 15) is 0 Å². The van der Waals surface area contributed by atoms with Gasteiger partial charge in [-0.25, -0.2) is 0 Å². The fourth-order valence-electron chi connectivity index (χ4n) is 1.95. The molecule has 2 heteroatoms. The summed E-state index contributed by atoms with van der Waals surface area (Å²) < 4.78 is 0. The van der Waals surface area contributed by atoms with E-state index >= 15 is 0 Å². The van der Waals surface area contributed by atoms with Crippen molar-refractivity contribution in [1.29, 1.82) is 0 Å². The lowest BCUT2D eigenvalue weighted by Crippen LogP contribution is -2.21. The minimum absolute atomic E-state index is 0.831. The van der Waals surface area contributed by atoms with Crippen LogP contribution in [0.5, 0.6) is 0 Å². The Labute approximate surface area is 109 Å². The zero-order valence-electron chi connectivity index (χ0n) is 12.1. The lowest BCUT2D eigenvalue weighted by molar-refractivity contribution is 0.484. The standard InChI is InChI=1S/C15H34N2/c1-3-15(2)14-17-13-11-9-7-5-4-6-8-10-12-16/h15,17H,3-14,16H2,1-2H3. The molecule has 1 atom stereocenters. The van der Waals surface area contributed by atoms with Crippen molar-refractivity contribution < 1.29 is 0 Å². The van der Waals surface area contributed by atoms with E-state index in [4.69, 9.17) is 5.73 Å². The molecule has 0 rings (SSSR count). The molecule has 1 unspecified atom stereocenters. The highest BCUT2D eigenvalue weighted by atomic mass is 14.8. The average molecular weight is 242 g/mol. The molecule has 0 aliphatic rings. The van der Waals surface area contributed by atoms with E-state index in [1.165, 1.54) is 70.9 Å². The molecule has 0 aromatic rings. The number of rotatable bonds is 13. The molecule has 0 aliphatic heterocycles. The smallest absolute Gasteiger partial charge is 0.00233 e. The third kappa shape index (κ3) is 13.9. The first-order chi connectivity index (χ1) is 8.31. The largest absolute Gasteiger partial charge is 0.330 e. The molecule has 0 fully saturated rings. The van der Waals surface area contributed by atoms with Crippen molar-refractivity contribution >= 4 is 0 Å². The predicted octanol–water partition coefficient (Wildman–Crippen LogP) is 3.70. The third-order valence-electron chi connectivity index (χ3n) is 3.50. The normalized spacial score (nSPS) is 12.9. The second-order valence-corrected chi connectivity index (χ2v) is 5.33. The number of nitrogens with two attached hydrogens (primary N) is 1. The molecule has 0 bridgehead atoms. The van der Waals surface area contributed by atoms with Crippen molar-refractivity contribution in [3.05, 3.63) is 0 Å². The van der Waals surface area contributed by atoms with E-state index in [0.29, 0.717) is 0 Å². The summed E-state index contributed by atoms with van der Waals surface area (Å²) in [4.78, 5) is 0. The molecule has 0 saturated carbocycles. The fourth-order valence-corrected chi connectivity index (χ4v) is 1.95. The van der Waals surface area contributed by atoms with E-state index in [1.54, 1.807) is 0 Å². The summed E-state index contributed by atoms with van der Waals surface area (Å²) in [5.74, 6) is 0.831. The van der Waals surface area contributed by atoms with Gasteiger partial charge in [-0.1, -0.05) is 58.8 Å². The molecule has 3 N–H and O–H groups in total. The first kappa shape index (κ1) is 16.9. The summed E-state index contributed by atoms with van der Waals surface area (Å²) in [7, 11) is 0. The van der Waals surface area contributed by atoms with Crippen molar-refractivity contribution in [3.63, 3.8) is 0 Å². The van der Waals surface area contributed by atoms with E-state index in [-0.39, 0.29) is 0 Å². The molecular formula is C15H34N2. The third-order valence-corrected chi connectivity index (χ3v) is 3.50. The first-order valence-electron chi connectivity index (χ1n) is 7.72. The molecule has 0 amide bonds. The summed E-state index contributed by atoms with van der Waals surface area (Å²) in [6.45, 7) is 7.83. The van der Waals surface area contributed by atoms with Gasteiger partial charge in [0, 0.05) is 0 Å². The van der Waals surface area contributed by atoms with Crippen LogP contribution in [0.2, 0.25) is 0 Å². The Kier molecular flexibility index (Phi) is 13.9. The summed E-state index contributed by atoms with van der Waals surface area (Å²) in [6, 6.07) is 0. The molecule has 2 nitrogen and oxygen atoms in total. The van der Waals surface area contributed by atoms with Gasteiger partial charge in [-0.3, -0.25) is 0 Å². The van der Waals surface area contributed by atoms with E-state index in [1.807, 2.05) is 0 Å². The predicted molar refractivity (Wildman–Crippen MR) is 78.3 cm³/mol. The number of hydrogen-bond donors (Lipinski definition) is 2. The van der Waals surface area contributed by atoms with Gasteiger partial charge in [0.15, 0.2) is 0 Å². The van der Waals surface area contributed by atoms with Crippen LogP contribution in [0.4, 0.5) is 0 Å². The van der Waals surface area contributed by atoms with E-state index in [2.05, 4.69) is 19.2 Å². The highest BCUT2D eigenvalue weighted by molar-refractivity contribution is 4.55. The Morgan fingerprint density at radius 2 is 1.41 bits per heavy atom. The quantitative estimate of drug-likeness (QED) is 0.483. The van der Waals surface area contributed by atoms with Gasteiger partial charge in [0.1, 0.15) is 0 Å². The number of nitrogens with one attached hydrogen (secondary N) is 1. The molecule has 0 saturated heterocycles. The molecule has 0 spiro atoms. The molecule has 0 aromatic carbocycles. The van der Waals surface area contributed by atoms with Gasteiger partial charge in [-0.15, -0.1) is 0 Å². The highest BCUT2D eigenvalue weighted by Gasteiger charge is 1.96. The second-order valence-electron chi connectivity index (χ2n) is 5.33. The van der Waals surface area contributed by atoms with Gasteiger partial charge in [0.05, 0.1) is 0 Å². The number of unbranched alkanes of at least 4 members (excludes halogenated alkanes) is 7. The minimum atomic E-state index is 0.831. The summed E-state index contributed by atoms with van der Waals surface area (Å²) in [6.07, 6.45) is 12.2. The Balaban J connectivity index is 2.94. The van der Waals surface area contributed by atoms with Crippen molar-refractivity contribution in [3.8, 4) is 0 Å². The second kappa shape index (κ2) is 14.0. The van der Waals surface area contributed by atoms with Gasteiger partial charge in [-0.05, 0) is 38.4 Å². The fraction of sp³-hybridized carbons (Fsp3) is 1.00. The Morgan fingerprint density at radius 3 is 1.94 bits per heavy atom. The molecule has 0 aliphatic carbocycles. The van der Waals surface area contributed by atoms with Gasteiger partial charge >= 0.3 is 0 Å². The van der Waals surface area contributed by atoms with Gasteiger partial charge in [0.25, 0.3) is 0 Å². The highest BCUT2D eigenvalue weighted by Crippen LogP contribution is 2.07. The maximum Gasteiger partial charge on any atom is -0.00233 e. The van der Waals surface area contributed by atoms with Crippen LogP contribution in [0, 0.1) is 5.92 Å². The van der Waals surface area contributed by atoms with Crippen molar-refractivity contribution in [2.24, 2.45) is 11.7 Å². The lowest BCUT2D eigenvalue weighted by atomic mass is 10.1. The van der Waals surface area contributed by atoms with Crippen LogP contribution in [0.1, 0.15) is 71.6 Å². The van der Waals surface area contributed by atoms with Crippen LogP contribution >= 0.6 is 0 Å². The minimum Gasteiger partial charge on any atom is -0.330 e. The zero-order chi connectivity index (χ0) is 12.8. The average Bonchev–Trinajstić information content (AvgIpc) is 2.35. The Hall–Kier alpha value is -0.0800. The van der Waals surface area contributed by atoms with Crippen molar-refractivity contribution in [2.75, 3.05) is 19.6 Å².